The van der Waals surface area contributed by atoms with Crippen LogP contribution in [0.25, 0.3) is 0 Å². The number of nitrogens with one attached hydrogen (secondary N) is 2. The van der Waals surface area contributed by atoms with Gasteiger partial charge in [-0.05, 0) is 32.7 Å². The van der Waals surface area contributed by atoms with Crippen LogP contribution in [0.5, 0.6) is 0 Å². The highest BCUT2D eigenvalue weighted by Gasteiger charge is 2.10. The van der Waals surface area contributed by atoms with Crippen molar-refractivity contribution in [3.8, 4) is 0 Å². The first-order valence-electron chi connectivity index (χ1n) is 6.98. The van der Waals surface area contributed by atoms with Crippen molar-refractivity contribution in [2.45, 2.75) is 72.4 Å². The van der Waals surface area contributed by atoms with Crippen molar-refractivity contribution in [3.05, 3.63) is 0 Å². The first-order chi connectivity index (χ1) is 7.95. The molecule has 0 saturated heterocycles. The SMILES string of the molecule is CCNC(C)CC(=O)NC(C)CCCC(C)C. The number of hydrogen-bond acceptors (Lipinski definition) is 2. The van der Waals surface area contributed by atoms with Crippen LogP contribution in [0.1, 0.15) is 60.3 Å². The maximum absolute atomic E-state index is 11.7. The highest BCUT2D eigenvalue weighted by atomic mass is 16.1. The molecule has 0 aromatic heterocycles. The average Bonchev–Trinajstić information content (AvgIpc) is 2.16. The summed E-state index contributed by atoms with van der Waals surface area (Å²) < 4.78 is 0. The molecular formula is C14H30N2O. The first-order valence-corrected chi connectivity index (χ1v) is 6.98. The third-order valence-electron chi connectivity index (χ3n) is 2.87. The van der Waals surface area contributed by atoms with Gasteiger partial charge in [0.25, 0.3) is 0 Å². The van der Waals surface area contributed by atoms with Gasteiger partial charge >= 0.3 is 0 Å². The maximum atomic E-state index is 11.7. The molecule has 2 N–H and O–H groups in total. The lowest BCUT2D eigenvalue weighted by Crippen LogP contribution is -2.37. The minimum absolute atomic E-state index is 0.162. The van der Waals surface area contributed by atoms with E-state index in [2.05, 4.69) is 38.3 Å². The number of carbonyl (C=O) groups excluding carboxylic acids is 1. The van der Waals surface area contributed by atoms with E-state index in [1.165, 1.54) is 12.8 Å². The van der Waals surface area contributed by atoms with Gasteiger partial charge in [0, 0.05) is 18.5 Å². The Balaban J connectivity index is 3.65. The molecule has 17 heavy (non-hydrogen) atoms. The van der Waals surface area contributed by atoms with Gasteiger partial charge in [0.2, 0.25) is 5.91 Å². The lowest BCUT2D eigenvalue weighted by atomic mass is 10.0. The fourth-order valence-electron chi connectivity index (χ4n) is 1.94. The topological polar surface area (TPSA) is 41.1 Å². The van der Waals surface area contributed by atoms with E-state index in [0.29, 0.717) is 12.5 Å². The van der Waals surface area contributed by atoms with E-state index in [1.807, 2.05) is 6.92 Å². The molecule has 0 aliphatic heterocycles. The van der Waals surface area contributed by atoms with Crippen LogP contribution in [0, 0.1) is 5.92 Å². The minimum Gasteiger partial charge on any atom is -0.354 e. The second kappa shape index (κ2) is 9.46. The summed E-state index contributed by atoms with van der Waals surface area (Å²) in [5.41, 5.74) is 0. The summed E-state index contributed by atoms with van der Waals surface area (Å²) >= 11 is 0. The lowest BCUT2D eigenvalue weighted by Gasteiger charge is -2.17. The van der Waals surface area contributed by atoms with Crippen LogP contribution in [-0.4, -0.2) is 24.5 Å². The number of rotatable bonds is 9. The monoisotopic (exact) mass is 242 g/mol. The molecule has 1 amide bonds. The second-order valence-corrected chi connectivity index (χ2v) is 5.46. The minimum atomic E-state index is 0.162. The van der Waals surface area contributed by atoms with Gasteiger partial charge in [0.05, 0.1) is 0 Å². The zero-order valence-electron chi connectivity index (χ0n) is 12.2. The molecule has 0 saturated carbocycles. The van der Waals surface area contributed by atoms with Crippen molar-refractivity contribution >= 4 is 5.91 Å². The van der Waals surface area contributed by atoms with E-state index in [0.717, 1.165) is 18.9 Å². The number of amides is 1. The van der Waals surface area contributed by atoms with Crippen molar-refractivity contribution in [3.63, 3.8) is 0 Å². The van der Waals surface area contributed by atoms with E-state index in [-0.39, 0.29) is 11.9 Å². The molecule has 0 bridgehead atoms. The molecule has 2 atom stereocenters. The Morgan fingerprint density at radius 1 is 1.06 bits per heavy atom. The van der Waals surface area contributed by atoms with Crippen LogP contribution in [0.3, 0.4) is 0 Å². The van der Waals surface area contributed by atoms with Crippen molar-refractivity contribution < 1.29 is 4.79 Å². The van der Waals surface area contributed by atoms with Crippen LogP contribution in [-0.2, 0) is 4.79 Å². The third-order valence-corrected chi connectivity index (χ3v) is 2.87. The summed E-state index contributed by atoms with van der Waals surface area (Å²) in [5.74, 6) is 0.919. The molecule has 0 aliphatic rings. The molecule has 3 heteroatoms. The van der Waals surface area contributed by atoms with Gasteiger partial charge in [-0.15, -0.1) is 0 Å². The molecule has 0 radical (unpaired) electrons. The molecule has 0 aromatic rings. The molecule has 102 valence electrons. The van der Waals surface area contributed by atoms with E-state index >= 15 is 0 Å². The van der Waals surface area contributed by atoms with Crippen LogP contribution in [0.2, 0.25) is 0 Å². The van der Waals surface area contributed by atoms with Crippen molar-refractivity contribution in [1.29, 1.82) is 0 Å². The average molecular weight is 242 g/mol. The van der Waals surface area contributed by atoms with Crippen molar-refractivity contribution in [2.24, 2.45) is 5.92 Å². The van der Waals surface area contributed by atoms with E-state index in [9.17, 15) is 4.79 Å². The maximum Gasteiger partial charge on any atom is 0.221 e. The standard InChI is InChI=1S/C14H30N2O/c1-6-15-13(5)10-14(17)16-12(4)9-7-8-11(2)3/h11-13,15H,6-10H2,1-5H3,(H,16,17). The Bertz CT molecular complexity index is 204. The highest BCUT2D eigenvalue weighted by molar-refractivity contribution is 5.76. The van der Waals surface area contributed by atoms with Crippen LogP contribution < -0.4 is 10.6 Å². The Hall–Kier alpha value is -0.570. The summed E-state index contributed by atoms with van der Waals surface area (Å²) in [5, 5.41) is 6.31. The van der Waals surface area contributed by atoms with E-state index in [4.69, 9.17) is 0 Å². The zero-order valence-corrected chi connectivity index (χ0v) is 12.2. The summed E-state index contributed by atoms with van der Waals surface area (Å²) in [6.45, 7) is 11.6. The normalized spacial score (nSPS) is 14.7. The van der Waals surface area contributed by atoms with Gasteiger partial charge in [0.15, 0.2) is 0 Å². The van der Waals surface area contributed by atoms with Crippen molar-refractivity contribution in [1.82, 2.24) is 10.6 Å². The first kappa shape index (κ1) is 16.4. The van der Waals surface area contributed by atoms with Gasteiger partial charge in [-0.2, -0.15) is 0 Å². The van der Waals surface area contributed by atoms with Crippen LogP contribution >= 0.6 is 0 Å². The molecule has 0 aromatic carbocycles. The van der Waals surface area contributed by atoms with E-state index < -0.39 is 0 Å². The Morgan fingerprint density at radius 2 is 1.71 bits per heavy atom. The van der Waals surface area contributed by atoms with Gasteiger partial charge in [0.1, 0.15) is 0 Å². The van der Waals surface area contributed by atoms with Gasteiger partial charge in [-0.25, -0.2) is 0 Å². The molecule has 0 heterocycles. The summed E-state index contributed by atoms with van der Waals surface area (Å²) in [6, 6.07) is 0.568. The molecule has 0 fully saturated rings. The molecule has 0 spiro atoms. The van der Waals surface area contributed by atoms with Crippen molar-refractivity contribution in [2.75, 3.05) is 6.54 Å². The quantitative estimate of drug-likeness (QED) is 0.653. The Labute approximate surface area is 107 Å². The van der Waals surface area contributed by atoms with Gasteiger partial charge in [-0.1, -0.05) is 33.6 Å². The summed E-state index contributed by atoms with van der Waals surface area (Å²) in [4.78, 5) is 11.7. The Kier molecular flexibility index (Phi) is 9.14. The predicted octanol–water partition coefficient (Wildman–Crippen LogP) is 2.71. The van der Waals surface area contributed by atoms with Gasteiger partial charge in [-0.3, -0.25) is 4.79 Å². The van der Waals surface area contributed by atoms with Crippen LogP contribution in [0.4, 0.5) is 0 Å². The Morgan fingerprint density at radius 3 is 2.24 bits per heavy atom. The fraction of sp³-hybridized carbons (Fsp3) is 0.929. The lowest BCUT2D eigenvalue weighted by molar-refractivity contribution is -0.122. The molecule has 0 aliphatic carbocycles. The van der Waals surface area contributed by atoms with Crippen LogP contribution in [0.15, 0.2) is 0 Å². The van der Waals surface area contributed by atoms with Gasteiger partial charge < -0.3 is 10.6 Å². The smallest absolute Gasteiger partial charge is 0.221 e. The second-order valence-electron chi connectivity index (χ2n) is 5.46. The number of carbonyl (C=O) groups is 1. The third kappa shape index (κ3) is 10.3. The zero-order chi connectivity index (χ0) is 13.3. The number of hydrogen-bond donors (Lipinski definition) is 2. The predicted molar refractivity (Wildman–Crippen MR) is 74.0 cm³/mol. The fourth-order valence-corrected chi connectivity index (χ4v) is 1.94. The molecular weight excluding hydrogens is 212 g/mol. The van der Waals surface area contributed by atoms with E-state index in [1.54, 1.807) is 0 Å². The summed E-state index contributed by atoms with van der Waals surface area (Å²) in [7, 11) is 0. The summed E-state index contributed by atoms with van der Waals surface area (Å²) in [6.07, 6.45) is 4.09. The molecule has 0 rings (SSSR count). The molecule has 3 nitrogen and oxygen atoms in total. The molecule has 2 unspecified atom stereocenters. The highest BCUT2D eigenvalue weighted by Crippen LogP contribution is 2.08. The largest absolute Gasteiger partial charge is 0.354 e.